The minimum Gasteiger partial charge on any atom is -0.505 e. The number of ether oxygens (including phenoxy) is 1. The Kier molecular flexibility index (Phi) is 3.66. The van der Waals surface area contributed by atoms with Gasteiger partial charge in [0.15, 0.2) is 5.75 Å². The molecule has 0 spiro atoms. The third kappa shape index (κ3) is 2.90. The number of carbonyl (C=O) groups is 1. The molecule has 1 aromatic rings. The Labute approximate surface area is 101 Å². The monoisotopic (exact) mass is 237 g/mol. The molecule has 0 saturated heterocycles. The Balaban J connectivity index is 3.30. The van der Waals surface area contributed by atoms with Gasteiger partial charge < -0.3 is 15.6 Å². The van der Waals surface area contributed by atoms with Gasteiger partial charge in [-0.2, -0.15) is 0 Å². The van der Waals surface area contributed by atoms with Crippen molar-refractivity contribution in [3.8, 4) is 5.75 Å². The number of hydrogen-bond donors (Lipinski definition) is 2. The lowest BCUT2D eigenvalue weighted by Crippen LogP contribution is -2.14. The van der Waals surface area contributed by atoms with E-state index in [0.29, 0.717) is 0 Å². The zero-order chi connectivity index (χ0) is 13.2. The topological polar surface area (TPSA) is 72.5 Å². The van der Waals surface area contributed by atoms with Crippen molar-refractivity contribution < 1.29 is 14.6 Å². The average Bonchev–Trinajstić information content (AvgIpc) is 2.20. The van der Waals surface area contributed by atoms with Gasteiger partial charge in [-0.3, -0.25) is 0 Å². The number of carbonyl (C=O) groups excluding carboxylic acids is 1. The van der Waals surface area contributed by atoms with Gasteiger partial charge in [0.1, 0.15) is 5.56 Å². The molecule has 17 heavy (non-hydrogen) atoms. The highest BCUT2D eigenvalue weighted by atomic mass is 16.5. The van der Waals surface area contributed by atoms with Gasteiger partial charge in [0.2, 0.25) is 0 Å². The summed E-state index contributed by atoms with van der Waals surface area (Å²) in [6, 6.07) is 3.31. The van der Waals surface area contributed by atoms with E-state index < -0.39 is 5.97 Å². The van der Waals surface area contributed by atoms with Gasteiger partial charge >= 0.3 is 5.97 Å². The number of aromatic hydroxyl groups is 1. The molecule has 0 radical (unpaired) electrons. The maximum absolute atomic E-state index is 11.7. The standard InChI is InChI=1S/C13H19NO3/c1-5-17-12(16)9-6-8(13(2,3)4)7-10(14)11(9)15/h6-7,15H,5,14H2,1-4H3. The predicted molar refractivity (Wildman–Crippen MR) is 67.2 cm³/mol. The number of nitrogens with two attached hydrogens (primary N) is 1. The molecule has 1 rings (SSSR count). The van der Waals surface area contributed by atoms with Crippen LogP contribution in [-0.2, 0) is 10.2 Å². The molecule has 0 fully saturated rings. The molecule has 1 aromatic carbocycles. The summed E-state index contributed by atoms with van der Waals surface area (Å²) in [5.41, 5.74) is 6.75. The summed E-state index contributed by atoms with van der Waals surface area (Å²) in [7, 11) is 0. The predicted octanol–water partition coefficient (Wildman–Crippen LogP) is 2.45. The minimum atomic E-state index is -0.553. The molecule has 3 N–H and O–H groups in total. The second-order valence-corrected chi connectivity index (χ2v) is 4.93. The average molecular weight is 237 g/mol. The number of anilines is 1. The van der Waals surface area contributed by atoms with Crippen LogP contribution in [0.1, 0.15) is 43.6 Å². The van der Waals surface area contributed by atoms with Crippen molar-refractivity contribution in [3.63, 3.8) is 0 Å². The molecule has 94 valence electrons. The lowest BCUT2D eigenvalue weighted by atomic mass is 9.85. The van der Waals surface area contributed by atoms with E-state index in [1.165, 1.54) is 0 Å². The molecule has 0 aliphatic rings. The third-order valence-electron chi connectivity index (χ3n) is 2.50. The van der Waals surface area contributed by atoms with Crippen LogP contribution in [0, 0.1) is 0 Å². The lowest BCUT2D eigenvalue weighted by Gasteiger charge is -2.21. The highest BCUT2D eigenvalue weighted by molar-refractivity contribution is 5.94. The molecule has 4 nitrogen and oxygen atoms in total. The maximum atomic E-state index is 11.7. The molecule has 0 amide bonds. The Morgan fingerprint density at radius 1 is 1.41 bits per heavy atom. The van der Waals surface area contributed by atoms with Crippen LogP contribution in [0.15, 0.2) is 12.1 Å². The van der Waals surface area contributed by atoms with Crippen LogP contribution >= 0.6 is 0 Å². The first-order valence-electron chi connectivity index (χ1n) is 5.57. The molecule has 0 aliphatic carbocycles. The van der Waals surface area contributed by atoms with E-state index in [1.807, 2.05) is 20.8 Å². The van der Waals surface area contributed by atoms with Crippen molar-refractivity contribution in [3.05, 3.63) is 23.3 Å². The summed E-state index contributed by atoms with van der Waals surface area (Å²) in [4.78, 5) is 11.7. The number of rotatable bonds is 2. The molecule has 0 saturated carbocycles. The van der Waals surface area contributed by atoms with Crippen LogP contribution in [0.5, 0.6) is 5.75 Å². The molecule has 4 heteroatoms. The van der Waals surface area contributed by atoms with Gasteiger partial charge in [-0.15, -0.1) is 0 Å². The van der Waals surface area contributed by atoms with Crippen LogP contribution in [0.3, 0.4) is 0 Å². The Hall–Kier alpha value is -1.71. The molecule has 0 aromatic heterocycles. The number of benzene rings is 1. The van der Waals surface area contributed by atoms with Crippen LogP contribution in [0.25, 0.3) is 0 Å². The third-order valence-corrected chi connectivity index (χ3v) is 2.50. The zero-order valence-corrected chi connectivity index (χ0v) is 10.7. The van der Waals surface area contributed by atoms with Gasteiger partial charge in [0, 0.05) is 0 Å². The van der Waals surface area contributed by atoms with E-state index in [1.54, 1.807) is 19.1 Å². The van der Waals surface area contributed by atoms with E-state index in [4.69, 9.17) is 10.5 Å². The minimum absolute atomic E-state index is 0.122. The Morgan fingerprint density at radius 3 is 2.47 bits per heavy atom. The summed E-state index contributed by atoms with van der Waals surface area (Å²) in [6.07, 6.45) is 0. The summed E-state index contributed by atoms with van der Waals surface area (Å²) < 4.78 is 4.88. The summed E-state index contributed by atoms with van der Waals surface area (Å²) in [6.45, 7) is 8.00. The maximum Gasteiger partial charge on any atom is 0.341 e. The van der Waals surface area contributed by atoms with E-state index >= 15 is 0 Å². The summed E-state index contributed by atoms with van der Waals surface area (Å²) in [5.74, 6) is -0.765. The number of hydrogen-bond acceptors (Lipinski definition) is 4. The van der Waals surface area contributed by atoms with Gasteiger partial charge in [-0.05, 0) is 30.0 Å². The second kappa shape index (κ2) is 4.65. The number of phenolic OH excluding ortho intramolecular Hbond substituents is 1. The number of esters is 1. The first kappa shape index (κ1) is 13.4. The van der Waals surface area contributed by atoms with Crippen molar-refractivity contribution in [2.24, 2.45) is 0 Å². The van der Waals surface area contributed by atoms with Gasteiger partial charge in [0.25, 0.3) is 0 Å². The largest absolute Gasteiger partial charge is 0.505 e. The summed E-state index contributed by atoms with van der Waals surface area (Å²) >= 11 is 0. The molecule has 0 atom stereocenters. The highest BCUT2D eigenvalue weighted by Gasteiger charge is 2.21. The SMILES string of the molecule is CCOC(=O)c1cc(C(C)(C)C)cc(N)c1O. The lowest BCUT2D eigenvalue weighted by molar-refractivity contribution is 0.0523. The first-order valence-corrected chi connectivity index (χ1v) is 5.57. The molecular weight excluding hydrogens is 218 g/mol. The van der Waals surface area contributed by atoms with Gasteiger partial charge in [0.05, 0.1) is 12.3 Å². The Bertz CT molecular complexity index is 433. The quantitative estimate of drug-likeness (QED) is 0.471. The van der Waals surface area contributed by atoms with E-state index in [2.05, 4.69) is 0 Å². The van der Waals surface area contributed by atoms with Crippen LogP contribution in [0.4, 0.5) is 5.69 Å². The molecular formula is C13H19NO3. The second-order valence-electron chi connectivity index (χ2n) is 4.93. The van der Waals surface area contributed by atoms with Crippen molar-refractivity contribution in [2.75, 3.05) is 12.3 Å². The van der Waals surface area contributed by atoms with Crippen molar-refractivity contribution >= 4 is 11.7 Å². The van der Waals surface area contributed by atoms with Crippen molar-refractivity contribution in [2.45, 2.75) is 33.1 Å². The molecule has 0 heterocycles. The van der Waals surface area contributed by atoms with Crippen LogP contribution in [0.2, 0.25) is 0 Å². The van der Waals surface area contributed by atoms with E-state index in [9.17, 15) is 9.90 Å². The zero-order valence-electron chi connectivity index (χ0n) is 10.7. The number of nitrogen functional groups attached to an aromatic ring is 1. The first-order chi connectivity index (χ1) is 7.77. The van der Waals surface area contributed by atoms with Gasteiger partial charge in [-0.25, -0.2) is 4.79 Å². The smallest absolute Gasteiger partial charge is 0.341 e. The van der Waals surface area contributed by atoms with Crippen LogP contribution < -0.4 is 5.73 Å². The fourth-order valence-electron chi connectivity index (χ4n) is 1.45. The van der Waals surface area contributed by atoms with Crippen molar-refractivity contribution in [1.82, 2.24) is 0 Å². The fourth-order valence-corrected chi connectivity index (χ4v) is 1.45. The molecule has 0 aliphatic heterocycles. The normalized spacial score (nSPS) is 11.3. The number of phenols is 1. The highest BCUT2D eigenvalue weighted by Crippen LogP contribution is 2.32. The molecule has 0 bridgehead atoms. The van der Waals surface area contributed by atoms with E-state index in [-0.39, 0.29) is 29.0 Å². The van der Waals surface area contributed by atoms with E-state index in [0.717, 1.165) is 5.56 Å². The fraction of sp³-hybridized carbons (Fsp3) is 0.462. The molecule has 0 unspecified atom stereocenters. The Morgan fingerprint density at radius 2 is 2.00 bits per heavy atom. The van der Waals surface area contributed by atoms with Crippen LogP contribution in [-0.4, -0.2) is 17.7 Å². The summed E-state index contributed by atoms with van der Waals surface area (Å²) in [5, 5.41) is 9.76. The van der Waals surface area contributed by atoms with Gasteiger partial charge in [-0.1, -0.05) is 20.8 Å². The van der Waals surface area contributed by atoms with Crippen molar-refractivity contribution in [1.29, 1.82) is 0 Å².